The third kappa shape index (κ3) is 1.28. The Morgan fingerprint density at radius 2 is 2.50 bits per heavy atom. The van der Waals surface area contributed by atoms with Crippen molar-refractivity contribution in [3.05, 3.63) is 10.8 Å². The Hall–Kier alpha value is -1.45. The predicted molar refractivity (Wildman–Crippen MR) is 38.0 cm³/mol. The van der Waals surface area contributed by atoms with Gasteiger partial charge in [-0.15, -0.1) is 5.10 Å². The molecule has 1 aromatic rings. The number of aromatic nitrogens is 2. The van der Waals surface area contributed by atoms with Crippen LogP contribution in [0.25, 0.3) is 12.7 Å². The summed E-state index contributed by atoms with van der Waals surface area (Å²) in [5.74, 6) is 0. The fraction of sp³-hybridized carbons (Fsp3) is 0.167. The van der Waals surface area contributed by atoms with Crippen LogP contribution in [0.5, 0.6) is 0 Å². The Kier molecular flexibility index (Phi) is 1.94. The molecular formula is C6H7N3O. The first-order chi connectivity index (χ1) is 4.84. The van der Waals surface area contributed by atoms with E-state index in [2.05, 4.69) is 26.5 Å². The Labute approximate surface area is 57.6 Å². The highest BCUT2D eigenvalue weighted by Crippen LogP contribution is 1.55. The average Bonchev–Trinajstić information content (AvgIpc) is 2.31. The van der Waals surface area contributed by atoms with Crippen LogP contribution in [0.4, 0.5) is 0 Å². The lowest BCUT2D eigenvalue weighted by atomic mass is 10.5. The van der Waals surface area contributed by atoms with E-state index in [4.69, 9.17) is 0 Å². The highest BCUT2D eigenvalue weighted by molar-refractivity contribution is 5.90. The number of rotatable bonds is 1. The van der Waals surface area contributed by atoms with Crippen molar-refractivity contribution in [2.75, 3.05) is 7.05 Å². The maximum atomic E-state index is 4.60. The predicted octanol–water partition coefficient (Wildman–Crippen LogP) is -1.04. The van der Waals surface area contributed by atoms with Crippen molar-refractivity contribution in [3.63, 3.8) is 0 Å². The van der Waals surface area contributed by atoms with Crippen molar-refractivity contribution in [2.45, 2.75) is 0 Å². The average molecular weight is 137 g/mol. The molecule has 1 heterocycles. The fourth-order valence-corrected chi connectivity index (χ4v) is 0.488. The molecular weight excluding hydrogens is 130 g/mol. The van der Waals surface area contributed by atoms with Gasteiger partial charge >= 0.3 is 0 Å². The van der Waals surface area contributed by atoms with Crippen LogP contribution >= 0.6 is 0 Å². The molecule has 0 aliphatic rings. The molecule has 0 aliphatic heterocycles. The van der Waals surface area contributed by atoms with Crippen molar-refractivity contribution < 1.29 is 4.52 Å². The Balaban J connectivity index is 3.16. The molecule has 0 saturated carbocycles. The molecule has 0 amide bonds. The molecule has 1 aromatic heterocycles. The first kappa shape index (κ1) is 6.67. The van der Waals surface area contributed by atoms with Crippen LogP contribution in [0.15, 0.2) is 9.52 Å². The summed E-state index contributed by atoms with van der Waals surface area (Å²) in [4.78, 5) is 3.73. The largest absolute Gasteiger partial charge is 0.338 e. The molecule has 0 unspecified atom stereocenters. The van der Waals surface area contributed by atoms with Crippen LogP contribution in [0.1, 0.15) is 0 Å². The molecule has 0 bridgehead atoms. The van der Waals surface area contributed by atoms with Gasteiger partial charge < -0.3 is 4.52 Å². The second-order valence-electron chi connectivity index (χ2n) is 1.66. The normalized spacial score (nSPS) is 13.1. The summed E-state index contributed by atoms with van der Waals surface area (Å²) < 4.78 is 4.60. The van der Waals surface area contributed by atoms with Gasteiger partial charge in [-0.05, 0) is 6.08 Å². The van der Waals surface area contributed by atoms with Crippen LogP contribution in [-0.4, -0.2) is 23.6 Å². The van der Waals surface area contributed by atoms with Gasteiger partial charge in [0.2, 0.25) is 0 Å². The quantitative estimate of drug-likeness (QED) is 0.464. The van der Waals surface area contributed by atoms with Crippen molar-refractivity contribution in [1.29, 1.82) is 0 Å². The smallest absolute Gasteiger partial charge is 0.180 e. The number of aliphatic imine (C=N–C) groups is 1. The molecule has 0 fully saturated rings. The standard InChI is InChI=1S/C6H7N3O/c1-5-6(3-4-7-2)8-9-10-5/h3-4H,1H2,2H3/b6-3+,7-4?. The number of hydrogen-bond acceptors (Lipinski definition) is 4. The van der Waals surface area contributed by atoms with E-state index in [1.54, 1.807) is 19.3 Å². The summed E-state index contributed by atoms with van der Waals surface area (Å²) in [5, 5.41) is 7.54. The van der Waals surface area contributed by atoms with E-state index in [1.807, 2.05) is 0 Å². The third-order valence-corrected chi connectivity index (χ3v) is 0.967. The number of hydrogen-bond donors (Lipinski definition) is 0. The van der Waals surface area contributed by atoms with E-state index in [-0.39, 0.29) is 0 Å². The van der Waals surface area contributed by atoms with Crippen LogP contribution in [0, 0.1) is 0 Å². The minimum absolute atomic E-state index is 0.458. The molecule has 10 heavy (non-hydrogen) atoms. The topological polar surface area (TPSA) is 51.3 Å². The third-order valence-electron chi connectivity index (χ3n) is 0.967. The van der Waals surface area contributed by atoms with Crippen molar-refractivity contribution in [2.24, 2.45) is 4.99 Å². The van der Waals surface area contributed by atoms with E-state index in [0.29, 0.717) is 10.8 Å². The minimum Gasteiger partial charge on any atom is -0.338 e. The van der Waals surface area contributed by atoms with Crippen LogP contribution in [0.3, 0.4) is 0 Å². The van der Waals surface area contributed by atoms with Gasteiger partial charge in [-0.2, -0.15) is 0 Å². The van der Waals surface area contributed by atoms with Gasteiger partial charge in [0.1, 0.15) is 5.35 Å². The molecule has 0 aromatic carbocycles. The molecule has 0 aliphatic carbocycles. The molecule has 52 valence electrons. The van der Waals surface area contributed by atoms with E-state index < -0.39 is 0 Å². The van der Waals surface area contributed by atoms with Gasteiger partial charge in [0.25, 0.3) is 0 Å². The fourth-order valence-electron chi connectivity index (χ4n) is 0.488. The van der Waals surface area contributed by atoms with E-state index in [1.165, 1.54) is 0 Å². The monoisotopic (exact) mass is 137 g/mol. The van der Waals surface area contributed by atoms with Gasteiger partial charge in [-0.25, -0.2) is 0 Å². The minimum atomic E-state index is 0.458. The summed E-state index contributed by atoms with van der Waals surface area (Å²) in [7, 11) is 1.67. The lowest BCUT2D eigenvalue weighted by molar-refractivity contribution is 0.372. The first-order valence-corrected chi connectivity index (χ1v) is 2.74. The second-order valence-corrected chi connectivity index (χ2v) is 1.66. The second kappa shape index (κ2) is 2.91. The van der Waals surface area contributed by atoms with Gasteiger partial charge in [-0.1, -0.05) is 6.58 Å². The lowest BCUT2D eigenvalue weighted by Gasteiger charge is -1.66. The maximum Gasteiger partial charge on any atom is 0.180 e. The van der Waals surface area contributed by atoms with Crippen LogP contribution in [0.2, 0.25) is 0 Å². The van der Waals surface area contributed by atoms with E-state index in [0.717, 1.165) is 0 Å². The SMILES string of the molecule is C=c1onn/c1=C/C=NC. The molecule has 4 nitrogen and oxygen atoms in total. The Morgan fingerprint density at radius 1 is 1.70 bits per heavy atom. The van der Waals surface area contributed by atoms with E-state index in [9.17, 15) is 0 Å². The molecule has 0 N–H and O–H groups in total. The van der Waals surface area contributed by atoms with Gasteiger partial charge in [0.05, 0.1) is 0 Å². The molecule has 1 rings (SSSR count). The summed E-state index contributed by atoms with van der Waals surface area (Å²) >= 11 is 0. The highest BCUT2D eigenvalue weighted by Gasteiger charge is 1.84. The Morgan fingerprint density at radius 3 is 3.00 bits per heavy atom. The maximum absolute atomic E-state index is 4.60. The zero-order chi connectivity index (χ0) is 7.40. The van der Waals surface area contributed by atoms with Crippen molar-refractivity contribution >= 4 is 18.9 Å². The molecule has 0 spiro atoms. The zero-order valence-corrected chi connectivity index (χ0v) is 5.61. The van der Waals surface area contributed by atoms with Crippen molar-refractivity contribution in [3.8, 4) is 0 Å². The summed E-state index contributed by atoms with van der Waals surface area (Å²) in [6.45, 7) is 3.55. The molecule has 0 saturated heterocycles. The van der Waals surface area contributed by atoms with Crippen LogP contribution < -0.4 is 10.8 Å². The summed E-state index contributed by atoms with van der Waals surface area (Å²) in [6, 6.07) is 0. The zero-order valence-electron chi connectivity index (χ0n) is 5.61. The van der Waals surface area contributed by atoms with Gasteiger partial charge in [0, 0.05) is 18.5 Å². The summed E-state index contributed by atoms with van der Waals surface area (Å²) in [5.41, 5.74) is 0.458. The van der Waals surface area contributed by atoms with E-state index >= 15 is 0 Å². The Bertz CT molecular complexity index is 325. The van der Waals surface area contributed by atoms with Crippen LogP contribution in [-0.2, 0) is 0 Å². The van der Waals surface area contributed by atoms with Gasteiger partial charge in [0.15, 0.2) is 5.42 Å². The van der Waals surface area contributed by atoms with Crippen molar-refractivity contribution in [1.82, 2.24) is 10.4 Å². The van der Waals surface area contributed by atoms with Gasteiger partial charge in [-0.3, -0.25) is 4.99 Å². The highest BCUT2D eigenvalue weighted by atomic mass is 16.5. The lowest BCUT2D eigenvalue weighted by Crippen LogP contribution is -2.20. The molecule has 0 atom stereocenters. The number of nitrogens with zero attached hydrogens (tertiary/aromatic N) is 3. The molecule has 4 heteroatoms. The molecule has 0 radical (unpaired) electrons. The summed E-state index contributed by atoms with van der Waals surface area (Å²) in [6.07, 6.45) is 3.28. The first-order valence-electron chi connectivity index (χ1n) is 2.74.